The van der Waals surface area contributed by atoms with Gasteiger partial charge in [-0.1, -0.05) is 35.7 Å². The Labute approximate surface area is 120 Å². The molecule has 0 aromatic heterocycles. The molecule has 0 N–H and O–H groups in total. The van der Waals surface area contributed by atoms with Crippen LogP contribution in [0.4, 0.5) is 0 Å². The highest BCUT2D eigenvalue weighted by molar-refractivity contribution is 9.09. The number of likely N-dealkylation sites (tertiary alicyclic amines) is 1. The molecule has 0 radical (unpaired) electrons. The van der Waals surface area contributed by atoms with Crippen molar-refractivity contribution in [1.29, 1.82) is 0 Å². The number of morpholine rings is 1. The van der Waals surface area contributed by atoms with E-state index < -0.39 is 0 Å². The predicted molar refractivity (Wildman–Crippen MR) is 79.5 cm³/mol. The molecule has 0 aromatic carbocycles. The largest absolute Gasteiger partial charge is 0.374 e. The summed E-state index contributed by atoms with van der Waals surface area (Å²) in [6.07, 6.45) is 5.90. The van der Waals surface area contributed by atoms with Crippen LogP contribution < -0.4 is 0 Å². The third-order valence-corrected chi connectivity index (χ3v) is 5.03. The smallest absolute Gasteiger partial charge is 0.0829 e. The summed E-state index contributed by atoms with van der Waals surface area (Å²) in [5, 5.41) is 1.11. The van der Waals surface area contributed by atoms with E-state index in [2.05, 4.69) is 32.7 Å². The number of nitrogens with zero attached hydrogens (tertiary/aromatic N) is 2. The Hall–Kier alpha value is 0.360. The van der Waals surface area contributed by atoms with Crippen LogP contribution in [0.15, 0.2) is 0 Å². The second-order valence-corrected chi connectivity index (χ2v) is 6.19. The van der Waals surface area contributed by atoms with Crippen molar-refractivity contribution in [3.63, 3.8) is 0 Å². The van der Waals surface area contributed by atoms with Gasteiger partial charge >= 0.3 is 0 Å². The van der Waals surface area contributed by atoms with Crippen LogP contribution in [0.5, 0.6) is 0 Å². The molecule has 0 bridgehead atoms. The Morgan fingerprint density at radius 1 is 1.22 bits per heavy atom. The van der Waals surface area contributed by atoms with Gasteiger partial charge in [0.25, 0.3) is 0 Å². The number of hydrogen-bond donors (Lipinski definition) is 0. The van der Waals surface area contributed by atoms with E-state index in [4.69, 9.17) is 4.74 Å². The minimum absolute atomic E-state index is 0.415. The lowest BCUT2D eigenvalue weighted by Gasteiger charge is -2.37. The fourth-order valence-corrected chi connectivity index (χ4v) is 3.82. The van der Waals surface area contributed by atoms with Crippen molar-refractivity contribution in [1.82, 2.24) is 9.80 Å². The van der Waals surface area contributed by atoms with Crippen molar-refractivity contribution in [2.45, 2.75) is 44.8 Å². The van der Waals surface area contributed by atoms with E-state index in [1.54, 1.807) is 0 Å². The molecule has 2 saturated heterocycles. The van der Waals surface area contributed by atoms with Crippen molar-refractivity contribution in [3.8, 4) is 0 Å². The number of likely N-dealkylation sites (N-methyl/N-ethyl adjacent to an activating group) is 1. The van der Waals surface area contributed by atoms with Crippen LogP contribution in [-0.4, -0.2) is 66.6 Å². The zero-order valence-corrected chi connectivity index (χ0v) is 13.2. The minimum Gasteiger partial charge on any atom is -0.374 e. The zero-order chi connectivity index (χ0) is 12.8. The fourth-order valence-electron chi connectivity index (χ4n) is 3.09. The minimum atomic E-state index is 0.415. The van der Waals surface area contributed by atoms with E-state index in [0.717, 1.165) is 38.1 Å². The maximum absolute atomic E-state index is 5.95. The molecule has 2 aliphatic rings. The summed E-state index contributed by atoms with van der Waals surface area (Å²) in [6, 6.07) is 0.716. The number of alkyl halides is 1. The van der Waals surface area contributed by atoms with Crippen LogP contribution in [0.25, 0.3) is 0 Å². The maximum atomic E-state index is 5.95. The van der Waals surface area contributed by atoms with Crippen LogP contribution in [0.2, 0.25) is 0 Å². The van der Waals surface area contributed by atoms with E-state index in [0.29, 0.717) is 12.1 Å². The van der Waals surface area contributed by atoms with Gasteiger partial charge in [-0.15, -0.1) is 0 Å². The summed E-state index contributed by atoms with van der Waals surface area (Å²) in [5.41, 5.74) is 0. The topological polar surface area (TPSA) is 15.7 Å². The van der Waals surface area contributed by atoms with Gasteiger partial charge in [-0.2, -0.15) is 0 Å². The van der Waals surface area contributed by atoms with Crippen LogP contribution in [-0.2, 0) is 4.74 Å². The third-order valence-electron chi connectivity index (χ3n) is 4.29. The normalized spacial score (nSPS) is 32.3. The first-order chi connectivity index (χ1) is 8.83. The molecule has 2 atom stereocenters. The SMILES string of the molecule is CCN1CCOC(CN2CCCCCC2CBr)C1. The van der Waals surface area contributed by atoms with Gasteiger partial charge in [-0.3, -0.25) is 9.80 Å². The zero-order valence-electron chi connectivity index (χ0n) is 11.6. The highest BCUT2D eigenvalue weighted by atomic mass is 79.9. The predicted octanol–water partition coefficient (Wildman–Crippen LogP) is 2.35. The molecule has 2 fully saturated rings. The second-order valence-electron chi connectivity index (χ2n) is 5.54. The third kappa shape index (κ3) is 4.19. The lowest BCUT2D eigenvalue weighted by atomic mass is 10.1. The fraction of sp³-hybridized carbons (Fsp3) is 1.00. The molecule has 3 nitrogen and oxygen atoms in total. The summed E-state index contributed by atoms with van der Waals surface area (Å²) in [5.74, 6) is 0. The Morgan fingerprint density at radius 3 is 2.89 bits per heavy atom. The second kappa shape index (κ2) is 7.83. The molecular formula is C14H27BrN2O. The maximum Gasteiger partial charge on any atom is 0.0829 e. The number of hydrogen-bond acceptors (Lipinski definition) is 3. The van der Waals surface area contributed by atoms with E-state index in [9.17, 15) is 0 Å². The highest BCUT2D eigenvalue weighted by Crippen LogP contribution is 2.19. The van der Waals surface area contributed by atoms with Gasteiger partial charge in [-0.25, -0.2) is 0 Å². The molecule has 2 unspecified atom stereocenters. The monoisotopic (exact) mass is 318 g/mol. The number of ether oxygens (including phenoxy) is 1. The van der Waals surface area contributed by atoms with Gasteiger partial charge in [0, 0.05) is 31.0 Å². The Morgan fingerprint density at radius 2 is 2.11 bits per heavy atom. The summed E-state index contributed by atoms with van der Waals surface area (Å²) in [7, 11) is 0. The first kappa shape index (κ1) is 14.8. The molecule has 0 amide bonds. The molecule has 2 rings (SSSR count). The molecule has 0 aromatic rings. The van der Waals surface area contributed by atoms with Crippen LogP contribution in [0, 0.1) is 0 Å². The van der Waals surface area contributed by atoms with Crippen LogP contribution >= 0.6 is 15.9 Å². The molecule has 2 heterocycles. The Bertz CT molecular complexity index is 240. The van der Waals surface area contributed by atoms with Crippen molar-refractivity contribution < 1.29 is 4.74 Å². The van der Waals surface area contributed by atoms with Crippen molar-refractivity contribution in [3.05, 3.63) is 0 Å². The summed E-state index contributed by atoms with van der Waals surface area (Å²) < 4.78 is 5.95. The van der Waals surface area contributed by atoms with Crippen molar-refractivity contribution in [2.24, 2.45) is 0 Å². The van der Waals surface area contributed by atoms with Gasteiger partial charge in [0.15, 0.2) is 0 Å². The quantitative estimate of drug-likeness (QED) is 0.740. The number of rotatable bonds is 4. The van der Waals surface area contributed by atoms with Gasteiger partial charge < -0.3 is 4.74 Å². The van der Waals surface area contributed by atoms with E-state index in [-0.39, 0.29) is 0 Å². The molecule has 18 heavy (non-hydrogen) atoms. The van der Waals surface area contributed by atoms with E-state index in [1.165, 1.54) is 32.2 Å². The first-order valence-electron chi connectivity index (χ1n) is 7.47. The van der Waals surface area contributed by atoms with Crippen LogP contribution in [0.1, 0.15) is 32.6 Å². The van der Waals surface area contributed by atoms with Crippen molar-refractivity contribution in [2.75, 3.05) is 44.7 Å². The number of halogens is 1. The Balaban J connectivity index is 1.85. The van der Waals surface area contributed by atoms with E-state index >= 15 is 0 Å². The van der Waals surface area contributed by atoms with E-state index in [1.807, 2.05) is 0 Å². The average Bonchev–Trinajstić information content (AvgIpc) is 2.64. The lowest BCUT2D eigenvalue weighted by Crippen LogP contribution is -2.49. The van der Waals surface area contributed by atoms with Crippen LogP contribution in [0.3, 0.4) is 0 Å². The van der Waals surface area contributed by atoms with Crippen molar-refractivity contribution >= 4 is 15.9 Å². The Kier molecular flexibility index (Phi) is 6.42. The summed E-state index contributed by atoms with van der Waals surface area (Å²) in [6.45, 7) is 8.90. The van der Waals surface area contributed by atoms with Gasteiger partial charge in [0.2, 0.25) is 0 Å². The summed E-state index contributed by atoms with van der Waals surface area (Å²) in [4.78, 5) is 5.17. The average molecular weight is 319 g/mol. The van der Waals surface area contributed by atoms with Gasteiger partial charge in [-0.05, 0) is 25.9 Å². The first-order valence-corrected chi connectivity index (χ1v) is 8.59. The molecule has 2 aliphatic heterocycles. The molecular weight excluding hydrogens is 292 g/mol. The highest BCUT2D eigenvalue weighted by Gasteiger charge is 2.26. The molecule has 4 heteroatoms. The molecule has 106 valence electrons. The van der Waals surface area contributed by atoms with Gasteiger partial charge in [0.1, 0.15) is 0 Å². The summed E-state index contributed by atoms with van der Waals surface area (Å²) >= 11 is 3.68. The standard InChI is InChI=1S/C14H27BrN2O/c1-2-16-8-9-18-14(11-16)12-17-7-5-3-4-6-13(17)10-15/h13-14H,2-12H2,1H3. The lowest BCUT2D eigenvalue weighted by molar-refractivity contribution is -0.0456. The van der Waals surface area contributed by atoms with Gasteiger partial charge in [0.05, 0.1) is 12.7 Å². The molecule has 0 saturated carbocycles. The molecule has 0 aliphatic carbocycles. The molecule has 0 spiro atoms.